The number of hydrogen-bond donors (Lipinski definition) is 2. The Morgan fingerprint density at radius 1 is 1.41 bits per heavy atom. The zero-order valence-corrected chi connectivity index (χ0v) is 10.0. The number of piperidine rings is 1. The number of rotatable bonds is 3. The van der Waals surface area contributed by atoms with Gasteiger partial charge in [0.1, 0.15) is 5.54 Å². The number of likely N-dealkylation sites (tertiary alicyclic amines) is 1. The second kappa shape index (κ2) is 4.75. The molecule has 0 aromatic heterocycles. The van der Waals surface area contributed by atoms with Crippen molar-refractivity contribution >= 4 is 11.7 Å². The van der Waals surface area contributed by atoms with Gasteiger partial charge in [-0.2, -0.15) is 0 Å². The van der Waals surface area contributed by atoms with Gasteiger partial charge in [0.2, 0.25) is 0 Å². The van der Waals surface area contributed by atoms with Crippen LogP contribution in [0.5, 0.6) is 0 Å². The largest absolute Gasteiger partial charge is 0.479 e. The number of para-hydroxylation sites is 1. The molecule has 1 saturated heterocycles. The highest BCUT2D eigenvalue weighted by atomic mass is 16.4. The molecule has 1 unspecified atom stereocenters. The van der Waals surface area contributed by atoms with E-state index < -0.39 is 11.5 Å². The fraction of sp³-hybridized carbons (Fsp3) is 0.462. The number of anilines is 1. The van der Waals surface area contributed by atoms with E-state index in [-0.39, 0.29) is 0 Å². The normalized spacial score (nSPS) is 25.5. The Labute approximate surface area is 101 Å². The Morgan fingerprint density at radius 2 is 2.12 bits per heavy atom. The molecule has 2 rings (SSSR count). The molecule has 0 bridgehead atoms. The van der Waals surface area contributed by atoms with Crippen LogP contribution in [0.4, 0.5) is 5.69 Å². The van der Waals surface area contributed by atoms with Crippen molar-refractivity contribution in [3.63, 3.8) is 0 Å². The van der Waals surface area contributed by atoms with Crippen LogP contribution in [0.25, 0.3) is 0 Å². The smallest absolute Gasteiger partial charge is 0.330 e. The Kier molecular flexibility index (Phi) is 3.33. The van der Waals surface area contributed by atoms with E-state index in [9.17, 15) is 9.90 Å². The number of aliphatic carboxylic acids is 1. The van der Waals surface area contributed by atoms with Gasteiger partial charge in [-0.1, -0.05) is 18.2 Å². The van der Waals surface area contributed by atoms with Gasteiger partial charge in [-0.15, -0.1) is 0 Å². The van der Waals surface area contributed by atoms with Crippen LogP contribution in [-0.2, 0) is 4.79 Å². The van der Waals surface area contributed by atoms with Crippen molar-refractivity contribution in [1.82, 2.24) is 4.90 Å². The number of nitrogens with zero attached hydrogens (tertiary/aromatic N) is 1. The van der Waals surface area contributed by atoms with Gasteiger partial charge < -0.3 is 15.3 Å². The van der Waals surface area contributed by atoms with Crippen LogP contribution in [0.3, 0.4) is 0 Å². The lowest BCUT2D eigenvalue weighted by molar-refractivity contribution is -0.144. The lowest BCUT2D eigenvalue weighted by atomic mass is 9.89. The first-order chi connectivity index (χ1) is 8.12. The summed E-state index contributed by atoms with van der Waals surface area (Å²) in [6.07, 6.45) is 1.57. The quantitative estimate of drug-likeness (QED) is 0.835. The van der Waals surface area contributed by atoms with Crippen molar-refractivity contribution in [2.24, 2.45) is 0 Å². The van der Waals surface area contributed by atoms with Crippen molar-refractivity contribution < 1.29 is 9.90 Å². The molecule has 92 valence electrons. The molecule has 0 amide bonds. The first kappa shape index (κ1) is 11.9. The van der Waals surface area contributed by atoms with Crippen LogP contribution >= 0.6 is 0 Å². The number of nitrogens with one attached hydrogen (secondary N) is 1. The van der Waals surface area contributed by atoms with Gasteiger partial charge in [-0.25, -0.2) is 4.79 Å². The van der Waals surface area contributed by atoms with E-state index in [1.807, 2.05) is 37.4 Å². The summed E-state index contributed by atoms with van der Waals surface area (Å²) in [5, 5.41) is 12.7. The van der Waals surface area contributed by atoms with Gasteiger partial charge in [0, 0.05) is 12.2 Å². The molecule has 1 aromatic rings. The maximum absolute atomic E-state index is 11.5. The number of benzene rings is 1. The van der Waals surface area contributed by atoms with Crippen molar-refractivity contribution in [3.8, 4) is 0 Å². The van der Waals surface area contributed by atoms with Crippen LogP contribution in [0.15, 0.2) is 30.3 Å². The highest BCUT2D eigenvalue weighted by molar-refractivity contribution is 5.83. The van der Waals surface area contributed by atoms with Crippen molar-refractivity contribution in [2.45, 2.75) is 18.4 Å². The Balaban J connectivity index is 2.20. The van der Waals surface area contributed by atoms with Crippen LogP contribution in [0.2, 0.25) is 0 Å². The first-order valence-corrected chi connectivity index (χ1v) is 5.88. The minimum atomic E-state index is -0.853. The number of carbonyl (C=O) groups is 1. The molecule has 0 radical (unpaired) electrons. The third-order valence-electron chi connectivity index (χ3n) is 3.25. The molecule has 0 aliphatic carbocycles. The summed E-state index contributed by atoms with van der Waals surface area (Å²) in [5.41, 5.74) is 0.0131. The molecule has 4 nitrogen and oxygen atoms in total. The molecule has 1 aliphatic heterocycles. The van der Waals surface area contributed by atoms with Gasteiger partial charge >= 0.3 is 5.97 Å². The van der Waals surface area contributed by atoms with Gasteiger partial charge in [-0.3, -0.25) is 0 Å². The highest BCUT2D eigenvalue weighted by Crippen LogP contribution is 2.25. The van der Waals surface area contributed by atoms with E-state index in [4.69, 9.17) is 0 Å². The van der Waals surface area contributed by atoms with Crippen molar-refractivity contribution in [3.05, 3.63) is 30.3 Å². The van der Waals surface area contributed by atoms with E-state index in [1.54, 1.807) is 0 Å². The van der Waals surface area contributed by atoms with Gasteiger partial charge in [0.05, 0.1) is 0 Å². The molecular weight excluding hydrogens is 216 g/mol. The molecule has 1 fully saturated rings. The third kappa shape index (κ3) is 2.58. The third-order valence-corrected chi connectivity index (χ3v) is 3.25. The molecular formula is C13H18N2O2. The Bertz CT molecular complexity index is 394. The molecule has 0 saturated carbocycles. The molecule has 4 heteroatoms. The fourth-order valence-electron chi connectivity index (χ4n) is 2.40. The van der Waals surface area contributed by atoms with Gasteiger partial charge in [0.15, 0.2) is 0 Å². The summed E-state index contributed by atoms with van der Waals surface area (Å²) < 4.78 is 0. The van der Waals surface area contributed by atoms with Crippen molar-refractivity contribution in [1.29, 1.82) is 0 Å². The Morgan fingerprint density at radius 3 is 2.71 bits per heavy atom. The van der Waals surface area contributed by atoms with E-state index in [1.165, 1.54) is 0 Å². The minimum absolute atomic E-state index is 0.539. The second-order valence-electron chi connectivity index (χ2n) is 4.72. The maximum atomic E-state index is 11.5. The lowest BCUT2D eigenvalue weighted by Crippen LogP contribution is -2.57. The van der Waals surface area contributed by atoms with Crippen LogP contribution in [0.1, 0.15) is 12.8 Å². The zero-order chi connectivity index (χ0) is 12.3. The number of likely N-dealkylation sites (N-methyl/N-ethyl adjacent to an activating group) is 1. The summed E-state index contributed by atoms with van der Waals surface area (Å²) in [5.74, 6) is -0.770. The predicted octanol–water partition coefficient (Wildman–Crippen LogP) is 1.65. The average molecular weight is 234 g/mol. The van der Waals surface area contributed by atoms with Gasteiger partial charge in [0.25, 0.3) is 0 Å². The number of carboxylic acid groups (broad SMARTS) is 1. The second-order valence-corrected chi connectivity index (χ2v) is 4.72. The van der Waals surface area contributed by atoms with E-state index >= 15 is 0 Å². The van der Waals surface area contributed by atoms with Crippen molar-refractivity contribution in [2.75, 3.05) is 25.5 Å². The monoisotopic (exact) mass is 234 g/mol. The molecule has 17 heavy (non-hydrogen) atoms. The topological polar surface area (TPSA) is 52.6 Å². The van der Waals surface area contributed by atoms with Gasteiger partial charge in [-0.05, 0) is 38.6 Å². The number of hydrogen-bond acceptors (Lipinski definition) is 3. The fourth-order valence-corrected chi connectivity index (χ4v) is 2.40. The predicted molar refractivity (Wildman–Crippen MR) is 67.2 cm³/mol. The highest BCUT2D eigenvalue weighted by Gasteiger charge is 2.41. The summed E-state index contributed by atoms with van der Waals surface area (Å²) >= 11 is 0. The summed E-state index contributed by atoms with van der Waals surface area (Å²) in [4.78, 5) is 13.6. The van der Waals surface area contributed by atoms with E-state index in [0.29, 0.717) is 13.0 Å². The standard InChI is InChI=1S/C13H18N2O2/c1-15-9-5-8-13(10-15,12(16)17)14-11-6-3-2-4-7-11/h2-4,6-7,14H,5,8-10H2,1H3,(H,16,17). The molecule has 2 N–H and O–H groups in total. The summed E-state index contributed by atoms with van der Waals surface area (Å²) in [6, 6.07) is 9.54. The van der Waals surface area contributed by atoms with Crippen LogP contribution in [0, 0.1) is 0 Å². The summed E-state index contributed by atoms with van der Waals surface area (Å²) in [6.45, 7) is 1.50. The van der Waals surface area contributed by atoms with Crippen LogP contribution in [-0.4, -0.2) is 41.7 Å². The molecule has 0 spiro atoms. The summed E-state index contributed by atoms with van der Waals surface area (Å²) in [7, 11) is 1.96. The molecule has 1 aromatic carbocycles. The minimum Gasteiger partial charge on any atom is -0.479 e. The molecule has 1 atom stereocenters. The SMILES string of the molecule is CN1CCCC(Nc2ccccc2)(C(=O)O)C1. The first-order valence-electron chi connectivity index (χ1n) is 5.88. The van der Waals surface area contributed by atoms with Crippen LogP contribution < -0.4 is 5.32 Å². The molecule has 1 heterocycles. The Hall–Kier alpha value is -1.55. The van der Waals surface area contributed by atoms with E-state index in [0.717, 1.165) is 18.7 Å². The van der Waals surface area contributed by atoms with E-state index in [2.05, 4.69) is 10.2 Å². The zero-order valence-electron chi connectivity index (χ0n) is 10.0. The average Bonchev–Trinajstić information content (AvgIpc) is 2.30. The maximum Gasteiger partial charge on any atom is 0.330 e. The molecule has 1 aliphatic rings. The number of carboxylic acids is 1. The lowest BCUT2D eigenvalue weighted by Gasteiger charge is -2.39.